The maximum Gasteiger partial charge on any atom is 0.323 e. The van der Waals surface area contributed by atoms with Crippen LogP contribution in [0.5, 0.6) is 0 Å². The third-order valence-electron chi connectivity index (χ3n) is 5.01. The van der Waals surface area contributed by atoms with Crippen molar-refractivity contribution in [2.24, 2.45) is 5.92 Å². The van der Waals surface area contributed by atoms with Gasteiger partial charge < -0.3 is 14.9 Å². The number of sulfonamides is 1. The Kier molecular flexibility index (Phi) is 4.53. The Balaban J connectivity index is 1.42. The molecular formula is C19H22N4O3S. The fourth-order valence-electron chi connectivity index (χ4n) is 3.55. The topological polar surface area (TPSA) is 98.1 Å². The summed E-state index contributed by atoms with van der Waals surface area (Å²) in [5.41, 5.74) is 3.12. The maximum atomic E-state index is 12.6. The number of fused-ring (bicyclic) bond motifs is 1. The van der Waals surface area contributed by atoms with Gasteiger partial charge in [-0.2, -0.15) is 0 Å². The van der Waals surface area contributed by atoms with Crippen molar-refractivity contribution >= 4 is 26.7 Å². The monoisotopic (exact) mass is 386 g/mol. The van der Waals surface area contributed by atoms with Gasteiger partial charge in [0.25, 0.3) is 0 Å². The standard InChI is InChI=1S/C19H22N4O3S/c1-13-3-2-4-15(9-13)23-8-7-14(12-23)11-20-27(25,26)16-5-6-17-18(10-16)22-19(24)21-17/h2-6,9-10,14,20H,7-8,11-12H2,1H3,(H2,21,22,24). The second kappa shape index (κ2) is 6.86. The zero-order chi connectivity index (χ0) is 19.0. The number of nitrogens with one attached hydrogen (secondary N) is 3. The number of aryl methyl sites for hydroxylation is 1. The molecule has 1 fully saturated rings. The highest BCUT2D eigenvalue weighted by Crippen LogP contribution is 2.24. The Morgan fingerprint density at radius 2 is 1.96 bits per heavy atom. The van der Waals surface area contributed by atoms with Gasteiger partial charge in [-0.1, -0.05) is 12.1 Å². The normalized spacial score (nSPS) is 17.7. The third kappa shape index (κ3) is 3.77. The van der Waals surface area contributed by atoms with E-state index in [9.17, 15) is 13.2 Å². The Hall–Kier alpha value is -2.58. The molecule has 1 unspecified atom stereocenters. The van der Waals surface area contributed by atoms with E-state index in [4.69, 9.17) is 0 Å². The Bertz CT molecular complexity index is 1130. The van der Waals surface area contributed by atoms with Crippen LogP contribution in [0.1, 0.15) is 12.0 Å². The van der Waals surface area contributed by atoms with E-state index in [2.05, 4.69) is 44.7 Å². The Morgan fingerprint density at radius 1 is 1.15 bits per heavy atom. The van der Waals surface area contributed by atoms with E-state index < -0.39 is 10.0 Å². The van der Waals surface area contributed by atoms with Crippen molar-refractivity contribution in [2.75, 3.05) is 24.5 Å². The van der Waals surface area contributed by atoms with Crippen molar-refractivity contribution in [1.82, 2.24) is 14.7 Å². The molecular weight excluding hydrogens is 364 g/mol. The van der Waals surface area contributed by atoms with Crippen LogP contribution in [0.15, 0.2) is 52.2 Å². The van der Waals surface area contributed by atoms with Crippen LogP contribution < -0.4 is 15.3 Å². The lowest BCUT2D eigenvalue weighted by Gasteiger charge is -2.19. The van der Waals surface area contributed by atoms with Crippen molar-refractivity contribution in [2.45, 2.75) is 18.2 Å². The van der Waals surface area contributed by atoms with Crippen molar-refractivity contribution in [1.29, 1.82) is 0 Å². The van der Waals surface area contributed by atoms with E-state index in [-0.39, 0.29) is 16.5 Å². The lowest BCUT2D eigenvalue weighted by Crippen LogP contribution is -2.31. The van der Waals surface area contributed by atoms with Crippen molar-refractivity contribution in [3.63, 3.8) is 0 Å². The molecule has 8 heteroatoms. The largest absolute Gasteiger partial charge is 0.371 e. The number of aromatic nitrogens is 2. The summed E-state index contributed by atoms with van der Waals surface area (Å²) in [5, 5.41) is 0. The van der Waals surface area contributed by atoms with E-state index in [1.165, 1.54) is 23.4 Å². The summed E-state index contributed by atoms with van der Waals surface area (Å²) in [6.07, 6.45) is 0.945. The summed E-state index contributed by atoms with van der Waals surface area (Å²) in [7, 11) is -3.62. The van der Waals surface area contributed by atoms with Crippen LogP contribution >= 0.6 is 0 Å². The molecule has 1 saturated heterocycles. The molecule has 1 aromatic heterocycles. The first-order valence-electron chi connectivity index (χ1n) is 8.94. The highest BCUT2D eigenvalue weighted by Gasteiger charge is 2.25. The van der Waals surface area contributed by atoms with Crippen molar-refractivity contribution < 1.29 is 8.42 Å². The number of rotatable bonds is 5. The Morgan fingerprint density at radius 3 is 2.78 bits per heavy atom. The van der Waals surface area contributed by atoms with Crippen LogP contribution in [0, 0.1) is 12.8 Å². The predicted octanol–water partition coefficient (Wildman–Crippen LogP) is 1.97. The molecule has 3 N–H and O–H groups in total. The van der Waals surface area contributed by atoms with Crippen LogP contribution in [-0.4, -0.2) is 38.0 Å². The molecule has 142 valence electrons. The number of benzene rings is 2. The number of H-pyrrole nitrogens is 2. The molecule has 1 aliphatic heterocycles. The van der Waals surface area contributed by atoms with Crippen molar-refractivity contribution in [3.8, 4) is 0 Å². The van der Waals surface area contributed by atoms with Gasteiger partial charge >= 0.3 is 5.69 Å². The predicted molar refractivity (Wildman–Crippen MR) is 106 cm³/mol. The Labute approximate surface area is 157 Å². The summed E-state index contributed by atoms with van der Waals surface area (Å²) >= 11 is 0. The number of hydrogen-bond donors (Lipinski definition) is 3. The molecule has 1 aliphatic rings. The molecule has 2 aromatic carbocycles. The van der Waals surface area contributed by atoms with Crippen LogP contribution in [-0.2, 0) is 10.0 Å². The average Bonchev–Trinajstić information content (AvgIpc) is 3.25. The lowest BCUT2D eigenvalue weighted by atomic mass is 10.1. The van der Waals surface area contributed by atoms with Gasteiger partial charge in [-0.05, 0) is 55.2 Å². The zero-order valence-electron chi connectivity index (χ0n) is 15.0. The molecule has 7 nitrogen and oxygen atoms in total. The van der Waals surface area contributed by atoms with Gasteiger partial charge in [0, 0.05) is 25.3 Å². The molecule has 0 radical (unpaired) electrons. The maximum absolute atomic E-state index is 12.6. The van der Waals surface area contributed by atoms with Crippen LogP contribution in [0.3, 0.4) is 0 Å². The van der Waals surface area contributed by atoms with Gasteiger partial charge in [0.15, 0.2) is 0 Å². The van der Waals surface area contributed by atoms with Crippen LogP contribution in [0.4, 0.5) is 5.69 Å². The molecule has 0 saturated carbocycles. The summed E-state index contributed by atoms with van der Waals surface area (Å²) in [4.78, 5) is 19.0. The number of nitrogens with zero attached hydrogens (tertiary/aromatic N) is 1. The summed E-state index contributed by atoms with van der Waals surface area (Å²) in [6, 6.07) is 12.9. The van der Waals surface area contributed by atoms with E-state index in [1.807, 2.05) is 6.07 Å². The first-order valence-corrected chi connectivity index (χ1v) is 10.4. The number of aromatic amines is 2. The van der Waals surface area contributed by atoms with E-state index in [0.717, 1.165) is 19.5 Å². The molecule has 0 spiro atoms. The van der Waals surface area contributed by atoms with Gasteiger partial charge in [0.1, 0.15) is 0 Å². The number of imidazole rings is 1. The van der Waals surface area contributed by atoms with E-state index >= 15 is 0 Å². The van der Waals surface area contributed by atoms with E-state index in [1.54, 1.807) is 6.07 Å². The zero-order valence-corrected chi connectivity index (χ0v) is 15.8. The number of hydrogen-bond acceptors (Lipinski definition) is 4. The minimum Gasteiger partial charge on any atom is -0.371 e. The minimum absolute atomic E-state index is 0.152. The second-order valence-electron chi connectivity index (χ2n) is 7.08. The fourth-order valence-corrected chi connectivity index (χ4v) is 4.69. The molecule has 0 bridgehead atoms. The highest BCUT2D eigenvalue weighted by atomic mass is 32.2. The summed E-state index contributed by atoms with van der Waals surface area (Å²) in [6.45, 7) is 4.22. The molecule has 0 aliphatic carbocycles. The molecule has 2 heterocycles. The first-order chi connectivity index (χ1) is 12.9. The lowest BCUT2D eigenvalue weighted by molar-refractivity contribution is 0.541. The quantitative estimate of drug-likeness (QED) is 0.624. The van der Waals surface area contributed by atoms with Gasteiger partial charge in [-0.25, -0.2) is 17.9 Å². The summed E-state index contributed by atoms with van der Waals surface area (Å²) in [5.74, 6) is 0.260. The third-order valence-corrected chi connectivity index (χ3v) is 6.43. The van der Waals surface area contributed by atoms with Crippen LogP contribution in [0.2, 0.25) is 0 Å². The number of anilines is 1. The van der Waals surface area contributed by atoms with Gasteiger partial charge in [0.2, 0.25) is 10.0 Å². The minimum atomic E-state index is -3.62. The molecule has 1 atom stereocenters. The SMILES string of the molecule is Cc1cccc(N2CCC(CNS(=O)(=O)c3ccc4[nH]c(=O)[nH]c4c3)C2)c1. The molecule has 27 heavy (non-hydrogen) atoms. The molecule has 0 amide bonds. The highest BCUT2D eigenvalue weighted by molar-refractivity contribution is 7.89. The van der Waals surface area contributed by atoms with Crippen LogP contribution in [0.25, 0.3) is 11.0 Å². The molecule has 4 rings (SSSR count). The van der Waals surface area contributed by atoms with Gasteiger partial charge in [-0.15, -0.1) is 0 Å². The second-order valence-corrected chi connectivity index (χ2v) is 8.85. The smallest absolute Gasteiger partial charge is 0.323 e. The first kappa shape index (κ1) is 17.8. The summed E-state index contributed by atoms with van der Waals surface area (Å²) < 4.78 is 27.9. The van der Waals surface area contributed by atoms with E-state index in [0.29, 0.717) is 17.6 Å². The fraction of sp³-hybridized carbons (Fsp3) is 0.316. The van der Waals surface area contributed by atoms with Gasteiger partial charge in [-0.3, -0.25) is 0 Å². The van der Waals surface area contributed by atoms with Crippen molar-refractivity contribution in [3.05, 3.63) is 58.5 Å². The average molecular weight is 386 g/mol. The van der Waals surface area contributed by atoms with Gasteiger partial charge in [0.05, 0.1) is 15.9 Å². The molecule has 3 aromatic rings.